The summed E-state index contributed by atoms with van der Waals surface area (Å²) in [4.78, 5) is 0. The van der Waals surface area contributed by atoms with Crippen molar-refractivity contribution >= 4 is 0 Å². The fourth-order valence-corrected chi connectivity index (χ4v) is 2.49. The Bertz CT molecular complexity index is 346. The number of ether oxygens (including phenoxy) is 3. The second-order valence-corrected chi connectivity index (χ2v) is 5.53. The molecule has 2 rings (SSSR count). The van der Waals surface area contributed by atoms with Gasteiger partial charge in [-0.25, -0.2) is 0 Å². The molecule has 0 aromatic heterocycles. The van der Waals surface area contributed by atoms with Gasteiger partial charge in [0.05, 0.1) is 13.2 Å². The lowest BCUT2D eigenvalue weighted by molar-refractivity contribution is -0.376. The van der Waals surface area contributed by atoms with Crippen LogP contribution >= 0.6 is 0 Å². The van der Waals surface area contributed by atoms with Crippen LogP contribution < -0.4 is 0 Å². The van der Waals surface area contributed by atoms with Crippen LogP contribution in [-0.2, 0) is 14.2 Å². The van der Waals surface area contributed by atoms with Gasteiger partial charge in [0.25, 0.3) is 0 Å². The molecule has 2 heterocycles. The van der Waals surface area contributed by atoms with Gasteiger partial charge in [0.1, 0.15) is 48.8 Å². The van der Waals surface area contributed by atoms with Crippen molar-refractivity contribution in [2.75, 3.05) is 13.2 Å². The molecule has 0 aromatic rings. The van der Waals surface area contributed by atoms with Crippen molar-refractivity contribution in [1.82, 2.24) is 0 Å². The van der Waals surface area contributed by atoms with Gasteiger partial charge < -0.3 is 66.0 Å². The third-order valence-corrected chi connectivity index (χ3v) is 3.97. The SMILES string of the molecule is O.O.OCC1OC(OC2OC(CO)C(O)C(O)C2O)C(O)C(O)C1O. The number of aliphatic hydroxyl groups excluding tert-OH is 8. The van der Waals surface area contributed by atoms with Crippen LogP contribution in [0.5, 0.6) is 0 Å². The lowest BCUT2D eigenvalue weighted by Crippen LogP contribution is -2.63. The van der Waals surface area contributed by atoms with E-state index in [2.05, 4.69) is 0 Å². The predicted octanol–water partition coefficient (Wildman–Crippen LogP) is -7.05. The summed E-state index contributed by atoms with van der Waals surface area (Å²) in [6, 6.07) is 0. The van der Waals surface area contributed by atoms with E-state index in [0.29, 0.717) is 0 Å². The van der Waals surface area contributed by atoms with E-state index >= 15 is 0 Å². The van der Waals surface area contributed by atoms with Gasteiger partial charge in [-0.15, -0.1) is 0 Å². The van der Waals surface area contributed by atoms with Gasteiger partial charge in [0.2, 0.25) is 0 Å². The first kappa shape index (κ1) is 24.5. The molecule has 152 valence electrons. The van der Waals surface area contributed by atoms with Gasteiger partial charge in [0.15, 0.2) is 12.6 Å². The molecule has 13 nitrogen and oxygen atoms in total. The predicted molar refractivity (Wildman–Crippen MR) is 75.8 cm³/mol. The highest BCUT2D eigenvalue weighted by Crippen LogP contribution is 2.27. The molecule has 2 fully saturated rings. The lowest BCUT2D eigenvalue weighted by atomic mass is 9.98. The quantitative estimate of drug-likeness (QED) is 0.228. The van der Waals surface area contributed by atoms with Crippen molar-refractivity contribution in [3.63, 3.8) is 0 Å². The maximum absolute atomic E-state index is 9.84. The second-order valence-electron chi connectivity index (χ2n) is 5.53. The molecule has 0 radical (unpaired) electrons. The van der Waals surface area contributed by atoms with Crippen molar-refractivity contribution in [1.29, 1.82) is 0 Å². The number of hydrogen-bond donors (Lipinski definition) is 8. The van der Waals surface area contributed by atoms with Crippen LogP contribution in [-0.4, -0.2) is 126 Å². The van der Waals surface area contributed by atoms with E-state index in [1.807, 2.05) is 0 Å². The molecule has 2 aliphatic rings. The number of hydrogen-bond acceptors (Lipinski definition) is 11. The summed E-state index contributed by atoms with van der Waals surface area (Å²) in [6.45, 7) is -1.33. The normalized spacial score (nSPS) is 47.5. The van der Waals surface area contributed by atoms with E-state index in [4.69, 9.17) is 24.4 Å². The van der Waals surface area contributed by atoms with Crippen LogP contribution in [0, 0.1) is 0 Å². The molecule has 2 saturated heterocycles. The van der Waals surface area contributed by atoms with E-state index in [1.165, 1.54) is 0 Å². The summed E-state index contributed by atoms with van der Waals surface area (Å²) in [5.74, 6) is 0. The fraction of sp³-hybridized carbons (Fsp3) is 1.00. The van der Waals surface area contributed by atoms with Crippen LogP contribution in [0.3, 0.4) is 0 Å². The van der Waals surface area contributed by atoms with Crippen molar-refractivity contribution in [3.05, 3.63) is 0 Å². The van der Waals surface area contributed by atoms with E-state index in [-0.39, 0.29) is 11.0 Å². The molecule has 10 atom stereocenters. The maximum atomic E-state index is 9.84. The molecule has 10 unspecified atom stereocenters. The molecule has 0 saturated carbocycles. The number of aliphatic hydroxyl groups is 8. The van der Waals surface area contributed by atoms with Crippen LogP contribution in [0.25, 0.3) is 0 Å². The first-order valence-electron chi connectivity index (χ1n) is 7.08. The topological polar surface area (TPSA) is 253 Å². The van der Waals surface area contributed by atoms with Crippen LogP contribution in [0.15, 0.2) is 0 Å². The zero-order valence-corrected chi connectivity index (χ0v) is 13.0. The maximum Gasteiger partial charge on any atom is 0.189 e. The molecule has 0 bridgehead atoms. The molecular weight excluding hydrogens is 352 g/mol. The first-order valence-corrected chi connectivity index (χ1v) is 7.08. The van der Waals surface area contributed by atoms with Crippen LogP contribution in [0.1, 0.15) is 0 Å². The van der Waals surface area contributed by atoms with Gasteiger partial charge in [-0.2, -0.15) is 0 Å². The molecule has 0 amide bonds. The minimum Gasteiger partial charge on any atom is -0.412 e. The fourth-order valence-electron chi connectivity index (χ4n) is 2.49. The van der Waals surface area contributed by atoms with Crippen molar-refractivity contribution in [2.45, 2.75) is 61.4 Å². The first-order chi connectivity index (χ1) is 10.8. The average Bonchev–Trinajstić information content (AvgIpc) is 2.55. The Morgan fingerprint density at radius 2 is 0.880 bits per heavy atom. The highest BCUT2D eigenvalue weighted by atomic mass is 16.8. The standard InChI is InChI=1S/C12H22O11.2H2O/c13-1-3-5(15)7(17)9(19)11(21-3)23-12-10(20)8(18)6(16)4(2-14)22-12;;/h3-20H,1-2H2;2*1H2. The van der Waals surface area contributed by atoms with Gasteiger partial charge in [0, 0.05) is 0 Å². The lowest BCUT2D eigenvalue weighted by Gasteiger charge is -2.44. The zero-order valence-electron chi connectivity index (χ0n) is 13.0. The molecule has 2 aliphatic heterocycles. The Morgan fingerprint density at radius 3 is 1.16 bits per heavy atom. The third-order valence-electron chi connectivity index (χ3n) is 3.97. The Kier molecular flexibility index (Phi) is 9.77. The Hall–Kier alpha value is -0.520. The summed E-state index contributed by atoms with van der Waals surface area (Å²) in [6.07, 6.45) is -15.6. The second kappa shape index (κ2) is 9.98. The van der Waals surface area contributed by atoms with E-state index in [0.717, 1.165) is 0 Å². The summed E-state index contributed by atoms with van der Waals surface area (Å²) in [5, 5.41) is 76.4. The molecular formula is C12H26O13. The Balaban J connectivity index is 0.00000288. The van der Waals surface area contributed by atoms with Gasteiger partial charge in [-0.1, -0.05) is 0 Å². The van der Waals surface area contributed by atoms with E-state index in [9.17, 15) is 30.6 Å². The van der Waals surface area contributed by atoms with E-state index in [1.54, 1.807) is 0 Å². The molecule has 12 N–H and O–H groups in total. The van der Waals surface area contributed by atoms with E-state index < -0.39 is 74.6 Å². The van der Waals surface area contributed by atoms with Crippen molar-refractivity contribution in [2.24, 2.45) is 0 Å². The van der Waals surface area contributed by atoms with Crippen LogP contribution in [0.2, 0.25) is 0 Å². The third kappa shape index (κ3) is 4.81. The molecule has 25 heavy (non-hydrogen) atoms. The molecule has 0 spiro atoms. The summed E-state index contributed by atoms with van der Waals surface area (Å²) in [7, 11) is 0. The number of rotatable bonds is 4. The van der Waals surface area contributed by atoms with Gasteiger partial charge >= 0.3 is 0 Å². The Morgan fingerprint density at radius 1 is 0.560 bits per heavy atom. The highest BCUT2D eigenvalue weighted by molar-refractivity contribution is 4.92. The summed E-state index contributed by atoms with van der Waals surface area (Å²) >= 11 is 0. The Labute approximate surface area is 141 Å². The van der Waals surface area contributed by atoms with Crippen LogP contribution in [0.4, 0.5) is 0 Å². The minimum atomic E-state index is -1.72. The smallest absolute Gasteiger partial charge is 0.189 e. The van der Waals surface area contributed by atoms with Gasteiger partial charge in [-0.3, -0.25) is 0 Å². The molecule has 13 heteroatoms. The monoisotopic (exact) mass is 378 g/mol. The van der Waals surface area contributed by atoms with Crippen molar-refractivity contribution in [3.8, 4) is 0 Å². The zero-order chi connectivity index (χ0) is 17.3. The summed E-state index contributed by atoms with van der Waals surface area (Å²) < 4.78 is 15.3. The molecule has 0 aromatic carbocycles. The average molecular weight is 378 g/mol. The van der Waals surface area contributed by atoms with Gasteiger partial charge in [-0.05, 0) is 0 Å². The highest BCUT2D eigenvalue weighted by Gasteiger charge is 2.49. The summed E-state index contributed by atoms with van der Waals surface area (Å²) in [5.41, 5.74) is 0. The minimum absolute atomic E-state index is 0. The largest absolute Gasteiger partial charge is 0.412 e. The molecule has 0 aliphatic carbocycles. The van der Waals surface area contributed by atoms with Crippen molar-refractivity contribution < 1.29 is 66.0 Å².